The van der Waals surface area contributed by atoms with E-state index in [1.54, 1.807) is 0 Å². The number of hydrogen-bond donors (Lipinski definition) is 1. The summed E-state index contributed by atoms with van der Waals surface area (Å²) in [6.07, 6.45) is 7.45. The first kappa shape index (κ1) is 14.0. The van der Waals surface area contributed by atoms with Crippen molar-refractivity contribution in [3.63, 3.8) is 0 Å². The van der Waals surface area contributed by atoms with Gasteiger partial charge in [-0.2, -0.15) is 0 Å². The monoisotopic (exact) mass is 255 g/mol. The maximum atomic E-state index is 11.5. The van der Waals surface area contributed by atoms with Crippen molar-refractivity contribution in [1.82, 2.24) is 4.90 Å². The van der Waals surface area contributed by atoms with Crippen molar-refractivity contribution in [3.05, 3.63) is 0 Å². The average Bonchev–Trinajstić information content (AvgIpc) is 2.35. The number of aliphatic hydroxyl groups is 1. The van der Waals surface area contributed by atoms with Crippen LogP contribution in [0.15, 0.2) is 0 Å². The lowest BCUT2D eigenvalue weighted by molar-refractivity contribution is -0.124. The van der Waals surface area contributed by atoms with Gasteiger partial charge >= 0.3 is 0 Å². The van der Waals surface area contributed by atoms with Crippen LogP contribution in [0.1, 0.15) is 38.5 Å². The molecule has 1 saturated carbocycles. The van der Waals surface area contributed by atoms with E-state index in [2.05, 4.69) is 4.90 Å². The van der Waals surface area contributed by atoms with Crippen molar-refractivity contribution in [2.75, 3.05) is 32.9 Å². The molecule has 0 unspecified atom stereocenters. The number of carbonyl (C=O) groups excluding carboxylic acids is 1. The molecule has 2 fully saturated rings. The molecule has 4 nitrogen and oxygen atoms in total. The van der Waals surface area contributed by atoms with Gasteiger partial charge in [-0.05, 0) is 32.1 Å². The predicted molar refractivity (Wildman–Crippen MR) is 69.5 cm³/mol. The molecule has 0 aromatic rings. The summed E-state index contributed by atoms with van der Waals surface area (Å²) in [5, 5.41) is 9.00. The van der Waals surface area contributed by atoms with E-state index in [4.69, 9.17) is 9.84 Å². The van der Waals surface area contributed by atoms with Crippen molar-refractivity contribution >= 4 is 6.29 Å². The molecule has 1 heterocycles. The van der Waals surface area contributed by atoms with Gasteiger partial charge in [0, 0.05) is 44.4 Å². The van der Waals surface area contributed by atoms with Crippen LogP contribution in [0.3, 0.4) is 0 Å². The minimum Gasteiger partial charge on any atom is -0.396 e. The van der Waals surface area contributed by atoms with E-state index in [1.807, 2.05) is 0 Å². The molecule has 104 valence electrons. The maximum Gasteiger partial charge on any atom is 0.127 e. The quantitative estimate of drug-likeness (QED) is 0.695. The molecule has 0 spiro atoms. The van der Waals surface area contributed by atoms with Gasteiger partial charge in [-0.1, -0.05) is 6.42 Å². The van der Waals surface area contributed by atoms with Gasteiger partial charge in [-0.25, -0.2) is 0 Å². The summed E-state index contributed by atoms with van der Waals surface area (Å²) < 4.78 is 5.37. The van der Waals surface area contributed by atoms with Crippen molar-refractivity contribution in [1.29, 1.82) is 0 Å². The highest BCUT2D eigenvalue weighted by Gasteiger charge is 2.37. The molecule has 18 heavy (non-hydrogen) atoms. The molecule has 1 aliphatic heterocycles. The second kappa shape index (κ2) is 6.64. The maximum absolute atomic E-state index is 11.5. The Balaban J connectivity index is 1.94. The van der Waals surface area contributed by atoms with Gasteiger partial charge in [-0.3, -0.25) is 4.90 Å². The number of nitrogens with zero attached hydrogens (tertiary/aromatic N) is 1. The van der Waals surface area contributed by atoms with Gasteiger partial charge in [0.2, 0.25) is 0 Å². The highest BCUT2D eigenvalue weighted by molar-refractivity contribution is 5.60. The number of carbonyl (C=O) groups is 1. The Bertz CT molecular complexity index is 260. The number of hydrogen-bond acceptors (Lipinski definition) is 4. The Labute approximate surface area is 109 Å². The van der Waals surface area contributed by atoms with Gasteiger partial charge in [0.15, 0.2) is 0 Å². The Morgan fingerprint density at radius 3 is 2.56 bits per heavy atom. The van der Waals surface area contributed by atoms with Crippen LogP contribution >= 0.6 is 0 Å². The SMILES string of the molecule is O=CC1(CN(CCCO)C2CCC2)CCOCC1. The molecule has 4 heteroatoms. The van der Waals surface area contributed by atoms with Gasteiger partial charge in [0.05, 0.1) is 0 Å². The van der Waals surface area contributed by atoms with E-state index in [1.165, 1.54) is 19.3 Å². The van der Waals surface area contributed by atoms with Crippen LogP contribution in [0.5, 0.6) is 0 Å². The molecular formula is C14H25NO3. The molecule has 1 aliphatic carbocycles. The van der Waals surface area contributed by atoms with Crippen LogP contribution in [0.25, 0.3) is 0 Å². The van der Waals surface area contributed by atoms with Crippen molar-refractivity contribution in [2.45, 2.75) is 44.6 Å². The van der Waals surface area contributed by atoms with Gasteiger partial charge in [0.1, 0.15) is 6.29 Å². The lowest BCUT2D eigenvalue weighted by Gasteiger charge is -2.43. The highest BCUT2D eigenvalue weighted by Crippen LogP contribution is 2.33. The van der Waals surface area contributed by atoms with Crippen LogP contribution in [-0.4, -0.2) is 55.2 Å². The number of aliphatic hydroxyl groups excluding tert-OH is 1. The number of ether oxygens (including phenoxy) is 1. The first-order valence-electron chi connectivity index (χ1n) is 7.19. The van der Waals surface area contributed by atoms with Crippen LogP contribution in [-0.2, 0) is 9.53 Å². The zero-order valence-electron chi connectivity index (χ0n) is 11.1. The summed E-state index contributed by atoms with van der Waals surface area (Å²) in [7, 11) is 0. The molecule has 0 atom stereocenters. The topological polar surface area (TPSA) is 49.8 Å². The Hall–Kier alpha value is -0.450. The third-order valence-electron chi connectivity index (χ3n) is 4.45. The van der Waals surface area contributed by atoms with Crippen molar-refractivity contribution < 1.29 is 14.6 Å². The van der Waals surface area contributed by atoms with Crippen molar-refractivity contribution in [3.8, 4) is 0 Å². The fraction of sp³-hybridized carbons (Fsp3) is 0.929. The van der Waals surface area contributed by atoms with Gasteiger partial charge in [-0.15, -0.1) is 0 Å². The smallest absolute Gasteiger partial charge is 0.127 e. The van der Waals surface area contributed by atoms with E-state index < -0.39 is 0 Å². The molecule has 1 N–H and O–H groups in total. The highest BCUT2D eigenvalue weighted by atomic mass is 16.5. The first-order chi connectivity index (χ1) is 8.79. The standard InChI is InChI=1S/C14H25NO3/c16-8-2-7-15(13-3-1-4-13)11-14(12-17)5-9-18-10-6-14/h12-13,16H,1-11H2. The van der Waals surface area contributed by atoms with Crippen LogP contribution < -0.4 is 0 Å². The molecule has 2 aliphatic rings. The summed E-state index contributed by atoms with van der Waals surface area (Å²) in [4.78, 5) is 13.9. The van der Waals surface area contributed by atoms with Crippen LogP contribution in [0.4, 0.5) is 0 Å². The third-order valence-corrected chi connectivity index (χ3v) is 4.45. The molecule has 0 amide bonds. The summed E-state index contributed by atoms with van der Waals surface area (Å²) in [6.45, 7) is 3.41. The molecule has 1 saturated heterocycles. The zero-order chi connectivity index (χ0) is 12.8. The summed E-state index contributed by atoms with van der Waals surface area (Å²) in [5.74, 6) is 0. The Morgan fingerprint density at radius 1 is 1.33 bits per heavy atom. The normalized spacial score (nSPS) is 23.9. The van der Waals surface area contributed by atoms with E-state index >= 15 is 0 Å². The van der Waals surface area contributed by atoms with Gasteiger partial charge in [0.25, 0.3) is 0 Å². The predicted octanol–water partition coefficient (Wildman–Crippen LogP) is 1.22. The largest absolute Gasteiger partial charge is 0.396 e. The summed E-state index contributed by atoms with van der Waals surface area (Å²) >= 11 is 0. The number of rotatable bonds is 7. The minimum absolute atomic E-state index is 0.205. The molecule has 0 bridgehead atoms. The molecule has 2 rings (SSSR count). The molecule has 0 aromatic carbocycles. The van der Waals surface area contributed by atoms with Crippen molar-refractivity contribution in [2.24, 2.45) is 5.41 Å². The minimum atomic E-state index is -0.205. The molecular weight excluding hydrogens is 230 g/mol. The van der Waals surface area contributed by atoms with Crippen LogP contribution in [0.2, 0.25) is 0 Å². The summed E-state index contributed by atoms with van der Waals surface area (Å²) in [5.41, 5.74) is -0.205. The lowest BCUT2D eigenvalue weighted by Crippen LogP contribution is -2.49. The Kier molecular flexibility index (Phi) is 5.15. The average molecular weight is 255 g/mol. The zero-order valence-corrected chi connectivity index (χ0v) is 11.1. The fourth-order valence-corrected chi connectivity index (χ4v) is 2.91. The second-order valence-electron chi connectivity index (χ2n) is 5.72. The molecule has 0 aromatic heterocycles. The second-order valence-corrected chi connectivity index (χ2v) is 5.72. The Morgan fingerprint density at radius 2 is 2.06 bits per heavy atom. The van der Waals surface area contributed by atoms with Crippen LogP contribution in [0, 0.1) is 5.41 Å². The lowest BCUT2D eigenvalue weighted by atomic mass is 9.79. The first-order valence-corrected chi connectivity index (χ1v) is 7.19. The third kappa shape index (κ3) is 3.31. The van der Waals surface area contributed by atoms with E-state index in [0.29, 0.717) is 19.3 Å². The van der Waals surface area contributed by atoms with E-state index in [-0.39, 0.29) is 12.0 Å². The number of aldehydes is 1. The van der Waals surface area contributed by atoms with Gasteiger partial charge < -0.3 is 14.6 Å². The van der Waals surface area contributed by atoms with E-state index in [9.17, 15) is 4.79 Å². The summed E-state index contributed by atoms with van der Waals surface area (Å²) in [6, 6.07) is 0.635. The van der Waals surface area contributed by atoms with E-state index in [0.717, 1.165) is 38.6 Å². The fourth-order valence-electron chi connectivity index (χ4n) is 2.91. The molecule has 0 radical (unpaired) electrons.